The summed E-state index contributed by atoms with van der Waals surface area (Å²) in [4.78, 5) is 22.0. The van der Waals surface area contributed by atoms with Gasteiger partial charge in [0.25, 0.3) is 0 Å². The number of carbonyl (C=O) groups is 2. The molecule has 2 atom stereocenters. The maximum atomic E-state index is 11.3. The highest BCUT2D eigenvalue weighted by Crippen LogP contribution is 2.48. The van der Waals surface area contributed by atoms with E-state index in [4.69, 9.17) is 9.47 Å². The van der Waals surface area contributed by atoms with Gasteiger partial charge in [-0.05, 0) is 30.0 Å². The highest BCUT2D eigenvalue weighted by atomic mass is 16.5. The van der Waals surface area contributed by atoms with E-state index in [0.29, 0.717) is 5.75 Å². The first-order valence-electron chi connectivity index (χ1n) is 5.48. The summed E-state index contributed by atoms with van der Waals surface area (Å²) < 4.78 is 9.63. The van der Waals surface area contributed by atoms with Gasteiger partial charge < -0.3 is 9.47 Å². The van der Waals surface area contributed by atoms with Crippen molar-refractivity contribution in [1.82, 2.24) is 0 Å². The molecule has 0 saturated heterocycles. The average molecular weight is 234 g/mol. The fraction of sp³-hybridized carbons (Fsp3) is 0.385. The van der Waals surface area contributed by atoms with Crippen molar-refractivity contribution in [2.45, 2.75) is 19.3 Å². The van der Waals surface area contributed by atoms with Crippen molar-refractivity contribution in [1.29, 1.82) is 0 Å². The number of esters is 2. The average Bonchev–Trinajstić information content (AvgIpc) is 3.08. The third kappa shape index (κ3) is 2.64. The van der Waals surface area contributed by atoms with Crippen LogP contribution in [0.1, 0.15) is 24.8 Å². The Balaban J connectivity index is 2.00. The standard InChI is InChI=1S/C13H14O4/c1-8(14)17-10-5-3-9(4-6-10)11-7-12(11)13(15)16-2/h3-6,11-12H,7H2,1-2H3/t11-,12-/m0/s1. The number of benzene rings is 1. The maximum absolute atomic E-state index is 11.3. The Morgan fingerprint density at radius 3 is 2.41 bits per heavy atom. The molecule has 1 fully saturated rings. The van der Waals surface area contributed by atoms with Gasteiger partial charge in [0.05, 0.1) is 13.0 Å². The fourth-order valence-corrected chi connectivity index (χ4v) is 1.92. The van der Waals surface area contributed by atoms with E-state index in [1.807, 2.05) is 12.1 Å². The number of hydrogen-bond acceptors (Lipinski definition) is 4. The summed E-state index contributed by atoms with van der Waals surface area (Å²) in [6, 6.07) is 7.24. The zero-order valence-corrected chi connectivity index (χ0v) is 9.80. The van der Waals surface area contributed by atoms with Crippen molar-refractivity contribution in [2.75, 3.05) is 7.11 Å². The summed E-state index contributed by atoms with van der Waals surface area (Å²) in [6.07, 6.45) is 0.833. The molecule has 0 aliphatic heterocycles. The minimum absolute atomic E-state index is 0.0143. The second-order valence-corrected chi connectivity index (χ2v) is 4.13. The van der Waals surface area contributed by atoms with Gasteiger partial charge in [-0.1, -0.05) is 12.1 Å². The lowest BCUT2D eigenvalue weighted by atomic mass is 10.1. The molecule has 0 spiro atoms. The van der Waals surface area contributed by atoms with Crippen LogP contribution in [0.25, 0.3) is 0 Å². The van der Waals surface area contributed by atoms with Crippen LogP contribution in [0.15, 0.2) is 24.3 Å². The summed E-state index contributed by atoms with van der Waals surface area (Å²) in [7, 11) is 1.40. The lowest BCUT2D eigenvalue weighted by Crippen LogP contribution is -2.04. The lowest BCUT2D eigenvalue weighted by molar-refractivity contribution is -0.142. The topological polar surface area (TPSA) is 52.6 Å². The molecule has 1 aromatic rings. The van der Waals surface area contributed by atoms with Crippen LogP contribution in [0.2, 0.25) is 0 Å². The van der Waals surface area contributed by atoms with Crippen LogP contribution in [-0.4, -0.2) is 19.0 Å². The number of hydrogen-bond donors (Lipinski definition) is 0. The molecular formula is C13H14O4. The van der Waals surface area contributed by atoms with E-state index < -0.39 is 0 Å². The maximum Gasteiger partial charge on any atom is 0.309 e. The molecule has 0 heterocycles. The van der Waals surface area contributed by atoms with Crippen LogP contribution in [0.5, 0.6) is 5.75 Å². The van der Waals surface area contributed by atoms with Crippen molar-refractivity contribution in [2.24, 2.45) is 5.92 Å². The van der Waals surface area contributed by atoms with E-state index in [1.54, 1.807) is 12.1 Å². The smallest absolute Gasteiger partial charge is 0.309 e. The highest BCUT2D eigenvalue weighted by molar-refractivity contribution is 5.77. The highest BCUT2D eigenvalue weighted by Gasteiger charge is 2.44. The first-order valence-corrected chi connectivity index (χ1v) is 5.48. The molecular weight excluding hydrogens is 220 g/mol. The number of carbonyl (C=O) groups excluding carboxylic acids is 2. The number of rotatable bonds is 3. The summed E-state index contributed by atoms with van der Waals surface area (Å²) >= 11 is 0. The van der Waals surface area contributed by atoms with Crippen LogP contribution < -0.4 is 4.74 Å². The minimum atomic E-state index is -0.336. The van der Waals surface area contributed by atoms with E-state index >= 15 is 0 Å². The SMILES string of the molecule is COC(=O)[C@H]1C[C@H]1c1ccc(OC(C)=O)cc1. The third-order valence-corrected chi connectivity index (χ3v) is 2.86. The van der Waals surface area contributed by atoms with Gasteiger partial charge in [0, 0.05) is 6.92 Å². The summed E-state index contributed by atoms with van der Waals surface area (Å²) in [5.74, 6) is 0.264. The first kappa shape index (κ1) is 11.6. The molecule has 0 N–H and O–H groups in total. The Kier molecular flexibility index (Phi) is 3.13. The fourth-order valence-electron chi connectivity index (χ4n) is 1.92. The van der Waals surface area contributed by atoms with E-state index in [2.05, 4.69) is 0 Å². The Morgan fingerprint density at radius 1 is 1.24 bits per heavy atom. The molecule has 4 nitrogen and oxygen atoms in total. The second kappa shape index (κ2) is 4.57. The van der Waals surface area contributed by atoms with Gasteiger partial charge in [0.2, 0.25) is 0 Å². The summed E-state index contributed by atoms with van der Waals surface area (Å²) in [5.41, 5.74) is 1.08. The van der Waals surface area contributed by atoms with Crippen LogP contribution in [0.3, 0.4) is 0 Å². The molecule has 1 saturated carbocycles. The normalized spacial score (nSPS) is 21.8. The summed E-state index contributed by atoms with van der Waals surface area (Å²) in [6.45, 7) is 1.36. The predicted molar refractivity (Wildman–Crippen MR) is 60.6 cm³/mol. The van der Waals surface area contributed by atoms with Crippen molar-refractivity contribution in [3.63, 3.8) is 0 Å². The molecule has 90 valence electrons. The van der Waals surface area contributed by atoms with Crippen LogP contribution in [0, 0.1) is 5.92 Å². The Labute approximate surface area is 99.5 Å². The van der Waals surface area contributed by atoms with Crippen molar-refractivity contribution < 1.29 is 19.1 Å². The molecule has 1 aliphatic rings. The Hall–Kier alpha value is -1.84. The summed E-state index contributed by atoms with van der Waals surface area (Å²) in [5, 5.41) is 0. The molecule has 0 radical (unpaired) electrons. The van der Waals surface area contributed by atoms with Crippen LogP contribution in [-0.2, 0) is 14.3 Å². The van der Waals surface area contributed by atoms with Crippen molar-refractivity contribution in [3.05, 3.63) is 29.8 Å². The molecule has 0 amide bonds. The molecule has 17 heavy (non-hydrogen) atoms. The van der Waals surface area contributed by atoms with Gasteiger partial charge in [0.1, 0.15) is 5.75 Å². The van der Waals surface area contributed by atoms with Gasteiger partial charge in [-0.3, -0.25) is 9.59 Å². The number of methoxy groups -OCH3 is 1. The number of ether oxygens (including phenoxy) is 2. The largest absolute Gasteiger partial charge is 0.469 e. The quantitative estimate of drug-likeness (QED) is 0.592. The predicted octanol–water partition coefficient (Wildman–Crippen LogP) is 1.89. The van der Waals surface area contributed by atoms with E-state index in [1.165, 1.54) is 14.0 Å². The monoisotopic (exact) mass is 234 g/mol. The minimum Gasteiger partial charge on any atom is -0.469 e. The zero-order chi connectivity index (χ0) is 12.4. The Morgan fingerprint density at radius 2 is 1.88 bits per heavy atom. The van der Waals surface area contributed by atoms with Crippen LogP contribution in [0.4, 0.5) is 0 Å². The molecule has 1 aliphatic carbocycles. The molecule has 1 aromatic carbocycles. The zero-order valence-electron chi connectivity index (χ0n) is 9.80. The van der Waals surface area contributed by atoms with Gasteiger partial charge in [0.15, 0.2) is 0 Å². The Bertz CT molecular complexity index is 435. The van der Waals surface area contributed by atoms with Gasteiger partial charge in [-0.15, -0.1) is 0 Å². The van der Waals surface area contributed by atoms with E-state index in [9.17, 15) is 9.59 Å². The van der Waals surface area contributed by atoms with Crippen LogP contribution >= 0.6 is 0 Å². The second-order valence-electron chi connectivity index (χ2n) is 4.13. The molecule has 0 bridgehead atoms. The van der Waals surface area contributed by atoms with Gasteiger partial charge in [-0.2, -0.15) is 0 Å². The molecule has 0 unspecified atom stereocenters. The molecule has 0 aromatic heterocycles. The molecule has 4 heteroatoms. The third-order valence-electron chi connectivity index (χ3n) is 2.86. The molecule has 2 rings (SSSR count). The first-order chi connectivity index (χ1) is 8.11. The van der Waals surface area contributed by atoms with E-state index in [0.717, 1.165) is 12.0 Å². The van der Waals surface area contributed by atoms with Gasteiger partial charge >= 0.3 is 11.9 Å². The van der Waals surface area contributed by atoms with E-state index in [-0.39, 0.29) is 23.8 Å². The lowest BCUT2D eigenvalue weighted by Gasteiger charge is -2.03. The van der Waals surface area contributed by atoms with Crippen molar-refractivity contribution >= 4 is 11.9 Å². The van der Waals surface area contributed by atoms with Crippen molar-refractivity contribution in [3.8, 4) is 5.75 Å². The van der Waals surface area contributed by atoms with Gasteiger partial charge in [-0.25, -0.2) is 0 Å².